The molecule has 7 heteroatoms. The van der Waals surface area contributed by atoms with E-state index >= 15 is 0 Å². The van der Waals surface area contributed by atoms with Gasteiger partial charge in [-0.3, -0.25) is 4.79 Å². The number of carbonyl (C=O) groups excluding carboxylic acids is 1. The lowest BCUT2D eigenvalue weighted by atomic mass is 10.1. The summed E-state index contributed by atoms with van der Waals surface area (Å²) in [6.07, 6.45) is 3.01. The summed E-state index contributed by atoms with van der Waals surface area (Å²) in [4.78, 5) is 21.0. The molecule has 0 spiro atoms. The highest BCUT2D eigenvalue weighted by Crippen LogP contribution is 2.30. The standard InChI is InChI=1S/C19H22N6O/c1-11-14(12(2)25-19(21-11)23-18(20)24-25)8-10-17(26)22-16-9-7-13-5-3-4-6-15(13)16/h3-6,16H,7-10H2,1-2H3,(H2,20,24)(H,22,26)/t16-/m0/s1. The zero-order valence-electron chi connectivity index (χ0n) is 15.0. The summed E-state index contributed by atoms with van der Waals surface area (Å²) in [6.45, 7) is 3.88. The molecule has 3 N–H and O–H groups in total. The number of benzene rings is 1. The van der Waals surface area contributed by atoms with Crippen molar-refractivity contribution in [3.8, 4) is 0 Å². The molecule has 4 rings (SSSR count). The predicted molar refractivity (Wildman–Crippen MR) is 98.6 cm³/mol. The largest absolute Gasteiger partial charge is 0.366 e. The van der Waals surface area contributed by atoms with E-state index in [1.54, 1.807) is 4.52 Å². The molecule has 1 amide bonds. The third-order valence-electron chi connectivity index (χ3n) is 5.14. The Kier molecular flexibility index (Phi) is 4.06. The van der Waals surface area contributed by atoms with Gasteiger partial charge in [-0.15, -0.1) is 5.10 Å². The fraction of sp³-hybridized carbons (Fsp3) is 0.368. The molecule has 0 radical (unpaired) electrons. The van der Waals surface area contributed by atoms with E-state index in [-0.39, 0.29) is 17.9 Å². The third-order valence-corrected chi connectivity index (χ3v) is 5.14. The second-order valence-corrected chi connectivity index (χ2v) is 6.80. The Morgan fingerprint density at radius 1 is 1.31 bits per heavy atom. The molecule has 26 heavy (non-hydrogen) atoms. The van der Waals surface area contributed by atoms with Crippen molar-refractivity contribution in [2.75, 3.05) is 5.73 Å². The van der Waals surface area contributed by atoms with Crippen LogP contribution in [0.25, 0.3) is 5.78 Å². The van der Waals surface area contributed by atoms with Crippen LogP contribution >= 0.6 is 0 Å². The maximum atomic E-state index is 12.5. The molecule has 3 aromatic rings. The minimum Gasteiger partial charge on any atom is -0.366 e. The third kappa shape index (κ3) is 2.89. The zero-order chi connectivity index (χ0) is 18.3. The fourth-order valence-electron chi connectivity index (χ4n) is 3.80. The van der Waals surface area contributed by atoms with Crippen LogP contribution in [0, 0.1) is 13.8 Å². The van der Waals surface area contributed by atoms with Crippen LogP contribution in [0.1, 0.15) is 47.0 Å². The number of fused-ring (bicyclic) bond motifs is 2. The minimum absolute atomic E-state index is 0.0590. The average Bonchev–Trinajstić information content (AvgIpc) is 3.18. The van der Waals surface area contributed by atoms with Crippen LogP contribution in [0.2, 0.25) is 0 Å². The Bertz CT molecular complexity index is 993. The smallest absolute Gasteiger partial charge is 0.254 e. The Morgan fingerprint density at radius 3 is 2.96 bits per heavy atom. The maximum absolute atomic E-state index is 12.5. The normalized spacial score (nSPS) is 16.0. The molecule has 0 unspecified atom stereocenters. The number of rotatable bonds is 4. The van der Waals surface area contributed by atoms with Gasteiger partial charge in [0.1, 0.15) is 0 Å². The summed E-state index contributed by atoms with van der Waals surface area (Å²) in [5.74, 6) is 0.756. The topological polar surface area (TPSA) is 98.2 Å². The summed E-state index contributed by atoms with van der Waals surface area (Å²) < 4.78 is 1.64. The Balaban J connectivity index is 1.46. The van der Waals surface area contributed by atoms with Crippen LogP contribution < -0.4 is 11.1 Å². The number of aromatic nitrogens is 4. The van der Waals surface area contributed by atoms with Crippen LogP contribution in [0.5, 0.6) is 0 Å². The van der Waals surface area contributed by atoms with E-state index in [0.29, 0.717) is 18.6 Å². The van der Waals surface area contributed by atoms with E-state index in [0.717, 1.165) is 29.8 Å². The first-order valence-electron chi connectivity index (χ1n) is 8.88. The first-order chi connectivity index (χ1) is 12.5. The predicted octanol–water partition coefficient (Wildman–Crippen LogP) is 2.06. The molecule has 7 nitrogen and oxygen atoms in total. The number of nitrogens with zero attached hydrogens (tertiary/aromatic N) is 4. The van der Waals surface area contributed by atoms with Crippen LogP contribution in [0.4, 0.5) is 5.95 Å². The SMILES string of the molecule is Cc1nc2nc(N)nn2c(C)c1CCC(=O)N[C@H]1CCc2ccccc21. The number of anilines is 1. The number of nitrogens with two attached hydrogens (primary N) is 1. The van der Waals surface area contributed by atoms with E-state index < -0.39 is 0 Å². The first kappa shape index (κ1) is 16.5. The molecule has 1 aliphatic rings. The molecule has 0 bridgehead atoms. The van der Waals surface area contributed by atoms with Crippen LogP contribution in [0.15, 0.2) is 24.3 Å². The van der Waals surface area contributed by atoms with Gasteiger partial charge in [-0.05, 0) is 49.8 Å². The van der Waals surface area contributed by atoms with Crippen molar-refractivity contribution in [2.45, 2.75) is 45.6 Å². The lowest BCUT2D eigenvalue weighted by Crippen LogP contribution is -2.27. The van der Waals surface area contributed by atoms with Gasteiger partial charge in [-0.1, -0.05) is 24.3 Å². The van der Waals surface area contributed by atoms with E-state index in [4.69, 9.17) is 5.73 Å². The van der Waals surface area contributed by atoms with Gasteiger partial charge in [0.05, 0.1) is 6.04 Å². The molecule has 2 aromatic heterocycles. The molecule has 0 fully saturated rings. The molecule has 0 aliphatic heterocycles. The monoisotopic (exact) mass is 350 g/mol. The van der Waals surface area contributed by atoms with Gasteiger partial charge in [0.2, 0.25) is 11.9 Å². The summed E-state index contributed by atoms with van der Waals surface area (Å²) in [5.41, 5.74) is 11.1. The Labute approximate surface area is 151 Å². The van der Waals surface area contributed by atoms with Crippen LogP contribution in [-0.2, 0) is 17.6 Å². The Morgan fingerprint density at radius 2 is 2.12 bits per heavy atom. The second-order valence-electron chi connectivity index (χ2n) is 6.80. The first-order valence-corrected chi connectivity index (χ1v) is 8.88. The van der Waals surface area contributed by atoms with Gasteiger partial charge in [0, 0.05) is 17.8 Å². The highest BCUT2D eigenvalue weighted by molar-refractivity contribution is 5.77. The van der Waals surface area contributed by atoms with Crippen molar-refractivity contribution in [1.82, 2.24) is 24.9 Å². The number of nitrogens with one attached hydrogen (secondary N) is 1. The van der Waals surface area contributed by atoms with Crippen molar-refractivity contribution in [3.05, 3.63) is 52.3 Å². The van der Waals surface area contributed by atoms with Gasteiger partial charge >= 0.3 is 0 Å². The van der Waals surface area contributed by atoms with E-state index in [2.05, 4.69) is 38.6 Å². The summed E-state index contributed by atoms with van der Waals surface area (Å²) in [5, 5.41) is 7.34. The summed E-state index contributed by atoms with van der Waals surface area (Å²) in [6, 6.07) is 8.44. The van der Waals surface area contributed by atoms with E-state index in [1.165, 1.54) is 11.1 Å². The molecular formula is C19H22N6O. The lowest BCUT2D eigenvalue weighted by molar-refractivity contribution is -0.121. The molecule has 0 saturated carbocycles. The molecule has 2 heterocycles. The number of nitrogen functional groups attached to an aromatic ring is 1. The lowest BCUT2D eigenvalue weighted by Gasteiger charge is -2.15. The molecular weight excluding hydrogens is 328 g/mol. The zero-order valence-corrected chi connectivity index (χ0v) is 15.0. The molecule has 134 valence electrons. The fourth-order valence-corrected chi connectivity index (χ4v) is 3.80. The van der Waals surface area contributed by atoms with Gasteiger partial charge in [-0.25, -0.2) is 4.98 Å². The quantitative estimate of drug-likeness (QED) is 0.750. The minimum atomic E-state index is 0.0590. The van der Waals surface area contributed by atoms with Crippen LogP contribution in [0.3, 0.4) is 0 Å². The molecule has 1 aromatic carbocycles. The van der Waals surface area contributed by atoms with Crippen molar-refractivity contribution >= 4 is 17.6 Å². The van der Waals surface area contributed by atoms with Crippen molar-refractivity contribution in [3.63, 3.8) is 0 Å². The maximum Gasteiger partial charge on any atom is 0.254 e. The molecule has 1 aliphatic carbocycles. The van der Waals surface area contributed by atoms with Crippen molar-refractivity contribution in [1.29, 1.82) is 0 Å². The number of aryl methyl sites for hydroxylation is 3. The number of hydrogen-bond donors (Lipinski definition) is 2. The highest BCUT2D eigenvalue weighted by atomic mass is 16.1. The molecule has 1 atom stereocenters. The second kappa shape index (κ2) is 6.40. The number of hydrogen-bond acceptors (Lipinski definition) is 5. The van der Waals surface area contributed by atoms with Gasteiger partial charge in [0.15, 0.2) is 0 Å². The van der Waals surface area contributed by atoms with Gasteiger partial charge in [-0.2, -0.15) is 9.50 Å². The summed E-state index contributed by atoms with van der Waals surface area (Å²) in [7, 11) is 0. The van der Waals surface area contributed by atoms with Crippen molar-refractivity contribution in [2.24, 2.45) is 0 Å². The van der Waals surface area contributed by atoms with Crippen LogP contribution in [-0.4, -0.2) is 25.5 Å². The number of amides is 1. The van der Waals surface area contributed by atoms with E-state index in [9.17, 15) is 4.79 Å². The highest BCUT2D eigenvalue weighted by Gasteiger charge is 2.23. The summed E-state index contributed by atoms with van der Waals surface area (Å²) >= 11 is 0. The number of carbonyl (C=O) groups is 1. The Hall–Kier alpha value is -2.96. The van der Waals surface area contributed by atoms with Gasteiger partial charge < -0.3 is 11.1 Å². The average molecular weight is 350 g/mol. The molecule has 0 saturated heterocycles. The van der Waals surface area contributed by atoms with Crippen molar-refractivity contribution < 1.29 is 4.79 Å². The van der Waals surface area contributed by atoms with E-state index in [1.807, 2.05) is 19.9 Å². The van der Waals surface area contributed by atoms with Gasteiger partial charge in [0.25, 0.3) is 5.78 Å².